The third-order valence-corrected chi connectivity index (χ3v) is 3.63. The number of hydrogen-bond acceptors (Lipinski definition) is 3. The standard InChI is InChI=1S/C12H25NO2/c1-6-10(14)9-7-11(2,3)13(15)12(4,5)8-9/h9-10,14-15H,6-8H2,1-5H3. The van der Waals surface area contributed by atoms with Crippen LogP contribution in [-0.2, 0) is 0 Å². The van der Waals surface area contributed by atoms with Crippen molar-refractivity contribution < 1.29 is 10.3 Å². The normalized spacial score (nSPS) is 29.0. The Morgan fingerprint density at radius 3 is 1.93 bits per heavy atom. The Kier molecular flexibility index (Phi) is 3.49. The Morgan fingerprint density at radius 2 is 1.60 bits per heavy atom. The highest BCUT2D eigenvalue weighted by Crippen LogP contribution is 2.41. The predicted octanol–water partition coefficient (Wildman–Crippen LogP) is 2.42. The highest BCUT2D eigenvalue weighted by molar-refractivity contribution is 4.97. The average molecular weight is 215 g/mol. The topological polar surface area (TPSA) is 43.7 Å². The molecule has 1 fully saturated rings. The van der Waals surface area contributed by atoms with Crippen LogP contribution in [0.5, 0.6) is 0 Å². The van der Waals surface area contributed by atoms with Crippen LogP contribution in [0.1, 0.15) is 53.9 Å². The van der Waals surface area contributed by atoms with E-state index in [9.17, 15) is 10.3 Å². The summed E-state index contributed by atoms with van der Waals surface area (Å²) in [7, 11) is 0. The maximum atomic E-state index is 10.1. The Bertz CT molecular complexity index is 208. The van der Waals surface area contributed by atoms with Crippen LogP contribution in [-0.4, -0.2) is 32.6 Å². The fraction of sp³-hybridized carbons (Fsp3) is 1.00. The first-order valence-electron chi connectivity index (χ1n) is 5.88. The molecule has 1 rings (SSSR count). The Balaban J connectivity index is 2.84. The van der Waals surface area contributed by atoms with Crippen LogP contribution in [0.3, 0.4) is 0 Å². The monoisotopic (exact) mass is 215 g/mol. The third kappa shape index (κ3) is 2.52. The fourth-order valence-electron chi connectivity index (χ4n) is 2.95. The fourth-order valence-corrected chi connectivity index (χ4v) is 2.95. The van der Waals surface area contributed by atoms with Crippen LogP contribution in [0, 0.1) is 5.92 Å². The van der Waals surface area contributed by atoms with Gasteiger partial charge >= 0.3 is 0 Å². The SMILES string of the molecule is CCC(O)C1CC(C)(C)N(O)C(C)(C)C1. The minimum absolute atomic E-state index is 0.239. The van der Waals surface area contributed by atoms with Crippen LogP contribution in [0.4, 0.5) is 0 Å². The van der Waals surface area contributed by atoms with E-state index < -0.39 is 0 Å². The Morgan fingerprint density at radius 1 is 1.20 bits per heavy atom. The summed E-state index contributed by atoms with van der Waals surface area (Å²) in [5, 5.41) is 21.5. The number of hydrogen-bond donors (Lipinski definition) is 2. The first kappa shape index (κ1) is 12.9. The molecule has 0 spiro atoms. The maximum absolute atomic E-state index is 10.1. The minimum Gasteiger partial charge on any atom is -0.393 e. The van der Waals surface area contributed by atoms with E-state index in [1.54, 1.807) is 0 Å². The smallest absolute Gasteiger partial charge is 0.0567 e. The average Bonchev–Trinajstić information content (AvgIpc) is 2.11. The van der Waals surface area contributed by atoms with Gasteiger partial charge in [0, 0.05) is 11.1 Å². The van der Waals surface area contributed by atoms with E-state index in [2.05, 4.69) is 0 Å². The van der Waals surface area contributed by atoms with Gasteiger partial charge in [0.25, 0.3) is 0 Å². The Labute approximate surface area is 93.1 Å². The Hall–Kier alpha value is -0.120. The summed E-state index contributed by atoms with van der Waals surface area (Å²) in [5.74, 6) is 0.295. The van der Waals surface area contributed by atoms with Gasteiger partial charge in [0.1, 0.15) is 0 Å². The molecular weight excluding hydrogens is 190 g/mol. The van der Waals surface area contributed by atoms with E-state index in [1.807, 2.05) is 34.6 Å². The van der Waals surface area contributed by atoms with Gasteiger partial charge in [0.05, 0.1) is 6.10 Å². The van der Waals surface area contributed by atoms with E-state index in [0.29, 0.717) is 5.92 Å². The molecule has 2 N–H and O–H groups in total. The zero-order valence-corrected chi connectivity index (χ0v) is 10.6. The van der Waals surface area contributed by atoms with Crippen molar-refractivity contribution in [3.05, 3.63) is 0 Å². The zero-order valence-electron chi connectivity index (χ0n) is 10.6. The molecule has 1 saturated heterocycles. The van der Waals surface area contributed by atoms with E-state index in [-0.39, 0.29) is 17.2 Å². The van der Waals surface area contributed by atoms with Crippen molar-refractivity contribution in [1.82, 2.24) is 5.06 Å². The molecule has 15 heavy (non-hydrogen) atoms. The van der Waals surface area contributed by atoms with Crippen molar-refractivity contribution in [2.75, 3.05) is 0 Å². The van der Waals surface area contributed by atoms with Gasteiger partial charge < -0.3 is 10.3 Å². The summed E-state index contributed by atoms with van der Waals surface area (Å²) in [6.45, 7) is 10.1. The number of aliphatic hydroxyl groups excluding tert-OH is 1. The maximum Gasteiger partial charge on any atom is 0.0567 e. The van der Waals surface area contributed by atoms with E-state index in [0.717, 1.165) is 19.3 Å². The first-order valence-corrected chi connectivity index (χ1v) is 5.88. The molecule has 0 aliphatic carbocycles. The molecule has 1 unspecified atom stereocenters. The van der Waals surface area contributed by atoms with Gasteiger partial charge in [-0.15, -0.1) is 0 Å². The molecule has 0 bridgehead atoms. The van der Waals surface area contributed by atoms with Crippen LogP contribution in [0.15, 0.2) is 0 Å². The number of aliphatic hydroxyl groups is 1. The quantitative estimate of drug-likeness (QED) is 0.743. The molecule has 1 atom stereocenters. The lowest BCUT2D eigenvalue weighted by atomic mass is 9.73. The lowest BCUT2D eigenvalue weighted by molar-refractivity contribution is -0.256. The van der Waals surface area contributed by atoms with Crippen molar-refractivity contribution in [2.45, 2.75) is 71.1 Å². The summed E-state index contributed by atoms with van der Waals surface area (Å²) >= 11 is 0. The number of rotatable bonds is 2. The molecule has 0 amide bonds. The molecule has 3 nitrogen and oxygen atoms in total. The van der Waals surface area contributed by atoms with Crippen molar-refractivity contribution in [3.63, 3.8) is 0 Å². The first-order chi connectivity index (χ1) is 6.70. The van der Waals surface area contributed by atoms with Gasteiger partial charge in [-0.3, -0.25) is 0 Å². The van der Waals surface area contributed by atoms with Gasteiger partial charge in [-0.2, -0.15) is 5.06 Å². The molecule has 0 aromatic carbocycles. The third-order valence-electron chi connectivity index (χ3n) is 3.63. The molecule has 1 aliphatic heterocycles. The van der Waals surface area contributed by atoms with Crippen LogP contribution in [0.25, 0.3) is 0 Å². The molecule has 90 valence electrons. The molecule has 0 saturated carbocycles. The van der Waals surface area contributed by atoms with Crippen molar-refractivity contribution >= 4 is 0 Å². The van der Waals surface area contributed by atoms with Crippen molar-refractivity contribution in [3.8, 4) is 0 Å². The molecule has 0 radical (unpaired) electrons. The van der Waals surface area contributed by atoms with Crippen molar-refractivity contribution in [2.24, 2.45) is 5.92 Å². The zero-order chi connectivity index (χ0) is 11.9. The van der Waals surface area contributed by atoms with Gasteiger partial charge in [0.2, 0.25) is 0 Å². The largest absolute Gasteiger partial charge is 0.393 e. The van der Waals surface area contributed by atoms with Gasteiger partial charge in [0.15, 0.2) is 0 Å². The van der Waals surface area contributed by atoms with Crippen LogP contribution < -0.4 is 0 Å². The van der Waals surface area contributed by atoms with Crippen molar-refractivity contribution in [1.29, 1.82) is 0 Å². The lowest BCUT2D eigenvalue weighted by Gasteiger charge is -2.52. The summed E-state index contributed by atoms with van der Waals surface area (Å²) in [5.41, 5.74) is -0.495. The van der Waals surface area contributed by atoms with Crippen LogP contribution >= 0.6 is 0 Å². The van der Waals surface area contributed by atoms with Gasteiger partial charge in [-0.05, 0) is 52.9 Å². The highest BCUT2D eigenvalue weighted by Gasteiger charge is 2.46. The summed E-state index contributed by atoms with van der Waals surface area (Å²) < 4.78 is 0. The van der Waals surface area contributed by atoms with E-state index in [1.165, 1.54) is 5.06 Å². The van der Waals surface area contributed by atoms with Gasteiger partial charge in [-0.25, -0.2) is 0 Å². The molecule has 1 aliphatic rings. The highest BCUT2D eigenvalue weighted by atomic mass is 16.5. The molecule has 1 heterocycles. The molecule has 0 aromatic heterocycles. The lowest BCUT2D eigenvalue weighted by Crippen LogP contribution is -2.60. The number of piperidine rings is 1. The summed E-state index contributed by atoms with van der Waals surface area (Å²) in [6.07, 6.45) is 2.25. The second-order valence-electron chi connectivity index (χ2n) is 6.08. The molecule has 0 aromatic rings. The predicted molar refractivity (Wildman–Crippen MR) is 60.8 cm³/mol. The van der Waals surface area contributed by atoms with Gasteiger partial charge in [-0.1, -0.05) is 6.92 Å². The number of nitrogens with zero attached hydrogens (tertiary/aromatic N) is 1. The molecular formula is C12H25NO2. The van der Waals surface area contributed by atoms with E-state index >= 15 is 0 Å². The molecule has 3 heteroatoms. The second kappa shape index (κ2) is 4.04. The summed E-state index contributed by atoms with van der Waals surface area (Å²) in [6, 6.07) is 0. The second-order valence-corrected chi connectivity index (χ2v) is 6.08. The number of hydroxylamine groups is 2. The van der Waals surface area contributed by atoms with Crippen LogP contribution in [0.2, 0.25) is 0 Å². The van der Waals surface area contributed by atoms with E-state index in [4.69, 9.17) is 0 Å². The minimum atomic E-state index is -0.247. The summed E-state index contributed by atoms with van der Waals surface area (Å²) in [4.78, 5) is 0.